The third-order valence-corrected chi connectivity index (χ3v) is 7.26. The van der Waals surface area contributed by atoms with Crippen LogP contribution in [0.25, 0.3) is 0 Å². The maximum Gasteiger partial charge on any atom is 0.257 e. The fraction of sp³-hybridized carbons (Fsp3) is 0.933. The summed E-state index contributed by atoms with van der Waals surface area (Å²) < 4.78 is 27.6. The molecule has 0 heterocycles. The molecule has 3 nitrogen and oxygen atoms in total. The lowest BCUT2D eigenvalue weighted by Crippen LogP contribution is -2.47. The van der Waals surface area contributed by atoms with Gasteiger partial charge in [-0.2, -0.15) is 4.40 Å². The zero-order chi connectivity index (χ0) is 13.9. The van der Waals surface area contributed by atoms with Crippen LogP contribution in [-0.4, -0.2) is 19.4 Å². The zero-order valence-electron chi connectivity index (χ0n) is 12.2. The highest BCUT2D eigenvalue weighted by molar-refractivity contribution is 7.91. The summed E-state index contributed by atoms with van der Waals surface area (Å²) in [4.78, 5) is 0. The molecule has 108 valence electrons. The third kappa shape index (κ3) is 2.37. The Labute approximate surface area is 116 Å². The minimum Gasteiger partial charge on any atom is -0.204 e. The van der Waals surface area contributed by atoms with E-state index < -0.39 is 14.8 Å². The van der Waals surface area contributed by atoms with Gasteiger partial charge in [0.25, 0.3) is 10.0 Å². The number of hydrogen-bond donors (Lipinski definition) is 0. The highest BCUT2D eigenvalue weighted by Gasteiger charge is 2.50. The molecule has 0 N–H and O–H groups in total. The summed E-state index contributed by atoms with van der Waals surface area (Å²) in [5.41, 5.74) is 0.104. The molecule has 19 heavy (non-hydrogen) atoms. The second kappa shape index (κ2) is 4.06. The van der Waals surface area contributed by atoms with Crippen molar-refractivity contribution in [3.05, 3.63) is 0 Å². The second-order valence-corrected chi connectivity index (χ2v) is 10.5. The average Bonchev–Trinajstić information content (AvgIpc) is 2.23. The maximum absolute atomic E-state index is 12.1. The number of sulfonamides is 1. The van der Waals surface area contributed by atoms with Crippen molar-refractivity contribution in [3.8, 4) is 0 Å². The van der Waals surface area contributed by atoms with E-state index in [0.717, 1.165) is 17.8 Å². The van der Waals surface area contributed by atoms with Gasteiger partial charge >= 0.3 is 0 Å². The topological polar surface area (TPSA) is 46.5 Å². The largest absolute Gasteiger partial charge is 0.257 e. The lowest BCUT2D eigenvalue weighted by Gasteiger charge is -2.55. The van der Waals surface area contributed by atoms with E-state index >= 15 is 0 Å². The van der Waals surface area contributed by atoms with Crippen molar-refractivity contribution >= 4 is 16.2 Å². The van der Waals surface area contributed by atoms with Crippen molar-refractivity contribution in [2.75, 3.05) is 0 Å². The minimum atomic E-state index is -3.37. The van der Waals surface area contributed by atoms with E-state index in [4.69, 9.17) is 0 Å². The molecule has 0 atom stereocenters. The summed E-state index contributed by atoms with van der Waals surface area (Å²) in [5.74, 6) is 2.49. The van der Waals surface area contributed by atoms with Crippen LogP contribution in [-0.2, 0) is 10.0 Å². The van der Waals surface area contributed by atoms with E-state index in [-0.39, 0.29) is 5.41 Å². The first-order chi connectivity index (χ1) is 8.69. The Morgan fingerprint density at radius 2 is 1.42 bits per heavy atom. The fourth-order valence-corrected chi connectivity index (χ4v) is 5.35. The van der Waals surface area contributed by atoms with Crippen molar-refractivity contribution in [2.45, 2.75) is 64.0 Å². The van der Waals surface area contributed by atoms with Crippen LogP contribution < -0.4 is 0 Å². The van der Waals surface area contributed by atoms with Crippen LogP contribution in [0.2, 0.25) is 0 Å². The van der Waals surface area contributed by atoms with Crippen LogP contribution in [0.15, 0.2) is 4.40 Å². The Bertz CT molecular complexity index is 463. The first kappa shape index (κ1) is 13.6. The molecular weight excluding hydrogens is 258 g/mol. The second-order valence-electron chi connectivity index (χ2n) is 8.10. The standard InChI is InChI=1S/C15H25NO2S/c1-14(2,3)19(17,18)16-10-15-7-11-4-12(8-15)6-13(5-11)9-15/h10-13H,4-9H2,1-3H3/b16-10+. The lowest BCUT2D eigenvalue weighted by molar-refractivity contribution is -0.00951. The number of rotatable bonds is 2. The van der Waals surface area contributed by atoms with Gasteiger partial charge in [-0.1, -0.05) is 0 Å². The third-order valence-electron chi connectivity index (χ3n) is 5.32. The molecule has 4 rings (SSSR count). The molecule has 4 heteroatoms. The Balaban J connectivity index is 1.84. The van der Waals surface area contributed by atoms with Gasteiger partial charge in [0, 0.05) is 11.6 Å². The summed E-state index contributed by atoms with van der Waals surface area (Å²) in [5, 5.41) is 0. The van der Waals surface area contributed by atoms with Gasteiger partial charge in [0.05, 0.1) is 4.75 Å². The molecule has 4 saturated carbocycles. The fourth-order valence-electron chi connectivity index (χ4n) is 4.68. The Kier molecular flexibility index (Phi) is 2.91. The molecule has 4 bridgehead atoms. The molecular formula is C15H25NO2S. The molecule has 0 aromatic rings. The van der Waals surface area contributed by atoms with Crippen LogP contribution in [0.3, 0.4) is 0 Å². The molecule has 4 fully saturated rings. The molecule has 0 aromatic carbocycles. The molecule has 0 unspecified atom stereocenters. The highest BCUT2D eigenvalue weighted by Crippen LogP contribution is 2.59. The van der Waals surface area contributed by atoms with Gasteiger partial charge in [0.15, 0.2) is 0 Å². The number of nitrogens with zero attached hydrogens (tertiary/aromatic N) is 1. The highest BCUT2D eigenvalue weighted by atomic mass is 32.2. The van der Waals surface area contributed by atoms with Gasteiger partial charge in [-0.25, -0.2) is 8.42 Å². The van der Waals surface area contributed by atoms with Gasteiger partial charge in [-0.3, -0.25) is 0 Å². The first-order valence-electron chi connectivity index (χ1n) is 7.50. The van der Waals surface area contributed by atoms with E-state index in [2.05, 4.69) is 4.40 Å². The van der Waals surface area contributed by atoms with Crippen molar-refractivity contribution < 1.29 is 8.42 Å². The molecule has 4 aliphatic carbocycles. The van der Waals surface area contributed by atoms with E-state index in [1.165, 1.54) is 38.5 Å². The summed E-state index contributed by atoms with van der Waals surface area (Å²) in [6.07, 6.45) is 9.46. The normalized spacial score (nSPS) is 42.2. The Hall–Kier alpha value is -0.380. The first-order valence-corrected chi connectivity index (χ1v) is 8.94. The van der Waals surface area contributed by atoms with Gasteiger partial charge in [0.2, 0.25) is 0 Å². The Morgan fingerprint density at radius 1 is 1.00 bits per heavy atom. The van der Waals surface area contributed by atoms with E-state index in [1.807, 2.05) is 6.21 Å². The zero-order valence-corrected chi connectivity index (χ0v) is 13.0. The summed E-state index contributed by atoms with van der Waals surface area (Å²) in [6, 6.07) is 0. The van der Waals surface area contributed by atoms with Gasteiger partial charge in [-0.15, -0.1) is 0 Å². The van der Waals surface area contributed by atoms with Crippen molar-refractivity contribution in [1.29, 1.82) is 0 Å². The van der Waals surface area contributed by atoms with Crippen LogP contribution in [0.1, 0.15) is 59.3 Å². The molecule has 0 spiro atoms. The van der Waals surface area contributed by atoms with E-state index in [9.17, 15) is 8.42 Å². The van der Waals surface area contributed by atoms with Crippen molar-refractivity contribution in [1.82, 2.24) is 0 Å². The minimum absolute atomic E-state index is 0.104. The molecule has 4 aliphatic rings. The lowest BCUT2D eigenvalue weighted by atomic mass is 9.50. The van der Waals surface area contributed by atoms with E-state index in [1.54, 1.807) is 20.8 Å². The maximum atomic E-state index is 12.1. The Morgan fingerprint density at radius 3 is 1.79 bits per heavy atom. The monoisotopic (exact) mass is 283 g/mol. The smallest absolute Gasteiger partial charge is 0.204 e. The summed E-state index contributed by atoms with van der Waals surface area (Å²) in [7, 11) is -3.37. The molecule has 0 saturated heterocycles. The predicted octanol–water partition coefficient (Wildman–Crippen LogP) is 3.40. The summed E-state index contributed by atoms with van der Waals surface area (Å²) in [6.45, 7) is 5.16. The molecule has 0 aromatic heterocycles. The predicted molar refractivity (Wildman–Crippen MR) is 77.8 cm³/mol. The van der Waals surface area contributed by atoms with E-state index in [0.29, 0.717) is 0 Å². The van der Waals surface area contributed by atoms with Crippen LogP contribution in [0.4, 0.5) is 0 Å². The summed E-state index contributed by atoms with van der Waals surface area (Å²) >= 11 is 0. The average molecular weight is 283 g/mol. The van der Waals surface area contributed by atoms with Gasteiger partial charge in [-0.05, 0) is 77.0 Å². The van der Waals surface area contributed by atoms with Gasteiger partial charge in [0.1, 0.15) is 0 Å². The van der Waals surface area contributed by atoms with Crippen molar-refractivity contribution in [3.63, 3.8) is 0 Å². The van der Waals surface area contributed by atoms with Crippen molar-refractivity contribution in [2.24, 2.45) is 27.6 Å². The van der Waals surface area contributed by atoms with Gasteiger partial charge < -0.3 is 0 Å². The quantitative estimate of drug-likeness (QED) is 0.729. The number of hydrogen-bond acceptors (Lipinski definition) is 2. The molecule has 0 aliphatic heterocycles. The van der Waals surface area contributed by atoms with Crippen LogP contribution in [0, 0.1) is 23.2 Å². The molecule has 0 radical (unpaired) electrons. The van der Waals surface area contributed by atoms with Crippen LogP contribution >= 0.6 is 0 Å². The SMILES string of the molecule is CC(C)(C)S(=O)(=O)/N=C/C12CC3CC(CC(C3)C1)C2. The molecule has 0 amide bonds. The van der Waals surface area contributed by atoms with Crippen LogP contribution in [0.5, 0.6) is 0 Å².